The van der Waals surface area contributed by atoms with Gasteiger partial charge in [0.15, 0.2) is 0 Å². The molecule has 0 bridgehead atoms. The van der Waals surface area contributed by atoms with Crippen LogP contribution in [0.2, 0.25) is 0 Å². The first-order chi connectivity index (χ1) is 9.56. The van der Waals surface area contributed by atoms with Crippen molar-refractivity contribution >= 4 is 10.8 Å². The van der Waals surface area contributed by atoms with Crippen LogP contribution in [0.3, 0.4) is 0 Å². The number of rotatable bonds is 9. The summed E-state index contributed by atoms with van der Waals surface area (Å²) < 4.78 is 16.9. The van der Waals surface area contributed by atoms with Crippen LogP contribution in [0.15, 0.2) is 24.3 Å². The molecule has 0 aromatic heterocycles. The van der Waals surface area contributed by atoms with E-state index in [1.807, 2.05) is 7.05 Å². The second-order valence-electron chi connectivity index (χ2n) is 5.48. The Morgan fingerprint density at radius 3 is 2.40 bits per heavy atom. The van der Waals surface area contributed by atoms with Crippen LogP contribution >= 0.6 is 0 Å². The Labute approximate surface area is 125 Å². The molecular formula is C16H27NO2S. The van der Waals surface area contributed by atoms with Gasteiger partial charge in [-0.25, -0.2) is 0 Å². The van der Waals surface area contributed by atoms with Crippen molar-refractivity contribution in [1.82, 2.24) is 5.32 Å². The predicted octanol–water partition coefficient (Wildman–Crippen LogP) is 2.54. The van der Waals surface area contributed by atoms with Crippen LogP contribution in [-0.4, -0.2) is 36.5 Å². The van der Waals surface area contributed by atoms with Crippen molar-refractivity contribution < 1.29 is 8.95 Å². The van der Waals surface area contributed by atoms with Gasteiger partial charge in [-0.1, -0.05) is 38.1 Å². The van der Waals surface area contributed by atoms with Crippen molar-refractivity contribution in [3.63, 3.8) is 0 Å². The lowest BCUT2D eigenvalue weighted by molar-refractivity contribution is 0.218. The van der Waals surface area contributed by atoms with Crippen molar-refractivity contribution in [1.29, 1.82) is 0 Å². The number of ether oxygens (including phenoxy) is 1. The first-order valence-electron chi connectivity index (χ1n) is 7.16. The van der Waals surface area contributed by atoms with E-state index in [1.54, 1.807) is 7.11 Å². The Hall–Kier alpha value is -0.710. The van der Waals surface area contributed by atoms with Crippen LogP contribution in [0.1, 0.15) is 31.0 Å². The summed E-state index contributed by atoms with van der Waals surface area (Å²) in [6.07, 6.45) is 1.10. The number of benzene rings is 1. The quantitative estimate of drug-likeness (QED) is 0.761. The molecule has 20 heavy (non-hydrogen) atoms. The molecule has 2 atom stereocenters. The lowest BCUT2D eigenvalue weighted by Gasteiger charge is -2.17. The molecule has 0 aliphatic heterocycles. The van der Waals surface area contributed by atoms with E-state index in [2.05, 4.69) is 43.4 Å². The van der Waals surface area contributed by atoms with E-state index < -0.39 is 10.8 Å². The molecule has 0 fully saturated rings. The highest BCUT2D eigenvalue weighted by Gasteiger charge is 2.13. The second-order valence-corrected chi connectivity index (χ2v) is 7.11. The van der Waals surface area contributed by atoms with Gasteiger partial charge < -0.3 is 10.1 Å². The highest BCUT2D eigenvalue weighted by molar-refractivity contribution is 7.85. The van der Waals surface area contributed by atoms with Gasteiger partial charge in [0.05, 0.1) is 6.61 Å². The summed E-state index contributed by atoms with van der Waals surface area (Å²) >= 11 is 0. The zero-order chi connectivity index (χ0) is 15.0. The molecule has 0 saturated carbocycles. The Morgan fingerprint density at radius 1 is 1.25 bits per heavy atom. The van der Waals surface area contributed by atoms with Crippen molar-refractivity contribution in [2.24, 2.45) is 5.92 Å². The number of nitrogens with one attached hydrogen (secondary N) is 1. The van der Waals surface area contributed by atoms with Crippen LogP contribution in [0.4, 0.5) is 0 Å². The Balaban J connectivity index is 2.62. The summed E-state index contributed by atoms with van der Waals surface area (Å²) in [5.41, 5.74) is 2.56. The van der Waals surface area contributed by atoms with E-state index >= 15 is 0 Å². The summed E-state index contributed by atoms with van der Waals surface area (Å²) in [6.45, 7) is 5.00. The van der Waals surface area contributed by atoms with E-state index in [9.17, 15) is 4.21 Å². The molecule has 0 aliphatic rings. The summed E-state index contributed by atoms with van der Waals surface area (Å²) in [7, 11) is 2.70. The Bertz CT molecular complexity index is 403. The molecule has 1 aromatic carbocycles. The fraction of sp³-hybridized carbons (Fsp3) is 0.625. The first-order valence-corrected chi connectivity index (χ1v) is 8.65. The molecule has 0 saturated heterocycles. The largest absolute Gasteiger partial charge is 0.384 e. The summed E-state index contributed by atoms with van der Waals surface area (Å²) in [6, 6.07) is 8.79. The maximum atomic E-state index is 11.9. The van der Waals surface area contributed by atoms with Gasteiger partial charge >= 0.3 is 0 Å². The van der Waals surface area contributed by atoms with Crippen molar-refractivity contribution in [2.45, 2.75) is 26.3 Å². The fourth-order valence-electron chi connectivity index (χ4n) is 2.15. The average molecular weight is 297 g/mol. The normalized spacial score (nSPS) is 14.4. The number of methoxy groups -OCH3 is 1. The average Bonchev–Trinajstić information content (AvgIpc) is 2.43. The van der Waals surface area contributed by atoms with Gasteiger partial charge in [0.1, 0.15) is 0 Å². The van der Waals surface area contributed by atoms with Gasteiger partial charge in [0.2, 0.25) is 0 Å². The SMILES string of the molecule is CNC(CS(=O)CCOC)c1ccc(CC(C)C)cc1. The Kier molecular flexibility index (Phi) is 8.04. The van der Waals surface area contributed by atoms with Crippen LogP contribution in [0.5, 0.6) is 0 Å². The minimum absolute atomic E-state index is 0.140. The highest BCUT2D eigenvalue weighted by Crippen LogP contribution is 2.16. The van der Waals surface area contributed by atoms with Crippen LogP contribution in [-0.2, 0) is 22.0 Å². The lowest BCUT2D eigenvalue weighted by Crippen LogP contribution is -2.24. The van der Waals surface area contributed by atoms with Gasteiger partial charge in [-0.05, 0) is 30.5 Å². The molecule has 1 N–H and O–H groups in total. The fourth-order valence-corrected chi connectivity index (χ4v) is 3.40. The van der Waals surface area contributed by atoms with E-state index in [1.165, 1.54) is 11.1 Å². The second kappa shape index (κ2) is 9.27. The van der Waals surface area contributed by atoms with Crippen LogP contribution in [0.25, 0.3) is 0 Å². The van der Waals surface area contributed by atoms with Crippen molar-refractivity contribution in [2.75, 3.05) is 32.3 Å². The van der Waals surface area contributed by atoms with E-state index in [0.29, 0.717) is 24.0 Å². The molecule has 2 unspecified atom stereocenters. The minimum atomic E-state index is -0.852. The molecular weight excluding hydrogens is 270 g/mol. The molecule has 0 heterocycles. The maximum absolute atomic E-state index is 11.9. The third kappa shape index (κ3) is 6.16. The first kappa shape index (κ1) is 17.3. The van der Waals surface area contributed by atoms with Gasteiger partial charge in [-0.15, -0.1) is 0 Å². The van der Waals surface area contributed by atoms with E-state index in [-0.39, 0.29) is 6.04 Å². The maximum Gasteiger partial charge on any atom is 0.0577 e. The topological polar surface area (TPSA) is 38.3 Å². The molecule has 0 spiro atoms. The van der Waals surface area contributed by atoms with E-state index in [0.717, 1.165) is 6.42 Å². The summed E-state index contributed by atoms with van der Waals surface area (Å²) in [5, 5.41) is 3.25. The monoisotopic (exact) mass is 297 g/mol. The van der Waals surface area contributed by atoms with Crippen molar-refractivity contribution in [3.05, 3.63) is 35.4 Å². The van der Waals surface area contributed by atoms with Gasteiger partial charge in [0, 0.05) is 35.5 Å². The molecule has 1 aromatic rings. The van der Waals surface area contributed by atoms with Crippen LogP contribution < -0.4 is 5.32 Å². The molecule has 0 amide bonds. The standard InChI is InChI=1S/C16H27NO2S/c1-13(2)11-14-5-7-15(8-6-14)16(17-3)12-20(18)10-9-19-4/h5-8,13,16-17H,9-12H2,1-4H3. The molecule has 4 heteroatoms. The van der Waals surface area contributed by atoms with Gasteiger partial charge in [-0.2, -0.15) is 0 Å². The van der Waals surface area contributed by atoms with Gasteiger partial charge in [0.25, 0.3) is 0 Å². The number of hydrogen-bond donors (Lipinski definition) is 1. The smallest absolute Gasteiger partial charge is 0.0577 e. The van der Waals surface area contributed by atoms with E-state index in [4.69, 9.17) is 4.74 Å². The highest BCUT2D eigenvalue weighted by atomic mass is 32.2. The third-order valence-electron chi connectivity index (χ3n) is 3.24. The zero-order valence-corrected chi connectivity index (χ0v) is 13.8. The zero-order valence-electron chi connectivity index (χ0n) is 13.0. The summed E-state index contributed by atoms with van der Waals surface area (Å²) in [5.74, 6) is 1.89. The predicted molar refractivity (Wildman–Crippen MR) is 86.5 cm³/mol. The molecule has 114 valence electrons. The number of hydrogen-bond acceptors (Lipinski definition) is 3. The molecule has 0 aliphatic carbocycles. The summed E-state index contributed by atoms with van der Waals surface area (Å²) in [4.78, 5) is 0. The lowest BCUT2D eigenvalue weighted by atomic mass is 10.00. The molecule has 0 radical (unpaired) electrons. The van der Waals surface area contributed by atoms with Gasteiger partial charge in [-0.3, -0.25) is 4.21 Å². The minimum Gasteiger partial charge on any atom is -0.384 e. The molecule has 3 nitrogen and oxygen atoms in total. The molecule has 1 rings (SSSR count). The third-order valence-corrected chi connectivity index (χ3v) is 4.57. The Morgan fingerprint density at radius 2 is 1.90 bits per heavy atom. The van der Waals surface area contributed by atoms with Crippen molar-refractivity contribution in [3.8, 4) is 0 Å². The van der Waals surface area contributed by atoms with Crippen LogP contribution in [0, 0.1) is 5.92 Å².